The molecular weight excluding hydrogens is 244 g/mol. The number of fused-ring (bicyclic) bond motifs is 1. The number of aromatic amines is 1. The Bertz CT molecular complexity index is 698. The van der Waals surface area contributed by atoms with Crippen LogP contribution < -0.4 is 5.32 Å². The third-order valence-electron chi connectivity index (χ3n) is 2.92. The zero-order chi connectivity index (χ0) is 12.5. The van der Waals surface area contributed by atoms with Crippen LogP contribution in [0, 0.1) is 6.92 Å². The number of thiophene rings is 1. The number of rotatable bonds is 2. The van der Waals surface area contributed by atoms with Gasteiger partial charge in [-0.1, -0.05) is 12.1 Å². The summed E-state index contributed by atoms with van der Waals surface area (Å²) in [5.41, 5.74) is 2.79. The summed E-state index contributed by atoms with van der Waals surface area (Å²) < 4.78 is 0. The molecule has 2 N–H and O–H groups in total. The largest absolute Gasteiger partial charge is 0.360 e. The monoisotopic (exact) mass is 256 g/mol. The van der Waals surface area contributed by atoms with E-state index in [-0.39, 0.29) is 5.91 Å². The molecule has 4 heteroatoms. The summed E-state index contributed by atoms with van der Waals surface area (Å²) in [5, 5.41) is 6.70. The van der Waals surface area contributed by atoms with Gasteiger partial charge in [-0.25, -0.2) is 0 Å². The van der Waals surface area contributed by atoms with Crippen molar-refractivity contribution < 1.29 is 4.79 Å². The fourth-order valence-electron chi connectivity index (χ4n) is 2.08. The van der Waals surface area contributed by atoms with Crippen molar-refractivity contribution >= 4 is 33.1 Å². The molecule has 2 heterocycles. The van der Waals surface area contributed by atoms with Crippen molar-refractivity contribution in [3.63, 3.8) is 0 Å². The Kier molecular flexibility index (Phi) is 2.64. The summed E-state index contributed by atoms with van der Waals surface area (Å²) in [5.74, 6) is -0.0713. The van der Waals surface area contributed by atoms with Crippen LogP contribution in [0.5, 0.6) is 0 Å². The first-order valence-electron chi connectivity index (χ1n) is 5.67. The van der Waals surface area contributed by atoms with Gasteiger partial charge >= 0.3 is 0 Å². The zero-order valence-corrected chi connectivity index (χ0v) is 10.7. The maximum absolute atomic E-state index is 12.2. The van der Waals surface area contributed by atoms with Crippen LogP contribution >= 0.6 is 11.3 Å². The molecule has 0 aliphatic heterocycles. The highest BCUT2D eigenvalue weighted by Gasteiger charge is 2.13. The number of aryl methyl sites for hydroxylation is 1. The molecule has 3 rings (SSSR count). The average molecular weight is 256 g/mol. The van der Waals surface area contributed by atoms with Gasteiger partial charge in [-0.3, -0.25) is 4.79 Å². The number of anilines is 1. The second kappa shape index (κ2) is 4.31. The molecule has 0 unspecified atom stereocenters. The fraction of sp³-hybridized carbons (Fsp3) is 0.0714. The van der Waals surface area contributed by atoms with Gasteiger partial charge in [0.05, 0.1) is 10.6 Å². The number of nitrogens with one attached hydrogen (secondary N) is 2. The summed E-state index contributed by atoms with van der Waals surface area (Å²) in [7, 11) is 0. The van der Waals surface area contributed by atoms with Crippen LogP contribution in [-0.2, 0) is 0 Å². The Balaban J connectivity index is 2.02. The van der Waals surface area contributed by atoms with E-state index >= 15 is 0 Å². The zero-order valence-electron chi connectivity index (χ0n) is 9.86. The first-order chi connectivity index (χ1) is 8.75. The summed E-state index contributed by atoms with van der Waals surface area (Å²) >= 11 is 1.52. The lowest BCUT2D eigenvalue weighted by Crippen LogP contribution is -2.10. The van der Waals surface area contributed by atoms with Crippen molar-refractivity contribution in [2.45, 2.75) is 6.92 Å². The summed E-state index contributed by atoms with van der Waals surface area (Å²) in [4.78, 5) is 15.3. The standard InChI is InChI=1S/C14H12N2OS/c1-9-4-2-5-11-13(9)10(8-15-11)14(17)16-12-6-3-7-18-12/h2-8,15H,1H3,(H,16,17). The van der Waals surface area contributed by atoms with Gasteiger partial charge in [0.1, 0.15) is 0 Å². The van der Waals surface area contributed by atoms with Crippen molar-refractivity contribution in [2.24, 2.45) is 0 Å². The lowest BCUT2D eigenvalue weighted by molar-refractivity contribution is 0.102. The van der Waals surface area contributed by atoms with Crippen LogP contribution in [0.2, 0.25) is 0 Å². The Morgan fingerprint density at radius 3 is 2.94 bits per heavy atom. The van der Waals surface area contributed by atoms with Crippen molar-refractivity contribution in [1.82, 2.24) is 4.98 Å². The summed E-state index contributed by atoms with van der Waals surface area (Å²) in [6.07, 6.45) is 1.76. The average Bonchev–Trinajstić information content (AvgIpc) is 2.97. The van der Waals surface area contributed by atoms with Crippen molar-refractivity contribution in [3.05, 3.63) is 53.0 Å². The molecular formula is C14H12N2OS. The van der Waals surface area contributed by atoms with E-state index in [0.717, 1.165) is 21.5 Å². The van der Waals surface area contributed by atoms with Crippen LogP contribution in [0.25, 0.3) is 10.9 Å². The first kappa shape index (κ1) is 11.0. The third-order valence-corrected chi connectivity index (χ3v) is 3.70. The molecule has 3 aromatic rings. The van der Waals surface area contributed by atoms with Gasteiger partial charge in [-0.15, -0.1) is 11.3 Å². The molecule has 0 aliphatic carbocycles. The van der Waals surface area contributed by atoms with Gasteiger partial charge in [-0.05, 0) is 36.1 Å². The molecule has 0 radical (unpaired) electrons. The van der Waals surface area contributed by atoms with E-state index in [1.165, 1.54) is 11.3 Å². The van der Waals surface area contributed by atoms with Gasteiger partial charge in [0.15, 0.2) is 0 Å². The minimum Gasteiger partial charge on any atom is -0.360 e. The molecule has 0 aliphatic rings. The second-order valence-corrected chi connectivity index (χ2v) is 5.08. The minimum atomic E-state index is -0.0713. The molecule has 0 bridgehead atoms. The smallest absolute Gasteiger partial charge is 0.258 e. The van der Waals surface area contributed by atoms with Gasteiger partial charge in [0, 0.05) is 17.1 Å². The number of benzene rings is 1. The number of amides is 1. The molecule has 1 amide bonds. The van der Waals surface area contributed by atoms with Gasteiger partial charge in [0.2, 0.25) is 0 Å². The normalized spacial score (nSPS) is 10.7. The Hall–Kier alpha value is -2.07. The number of H-pyrrole nitrogens is 1. The molecule has 2 aromatic heterocycles. The van der Waals surface area contributed by atoms with Crippen LogP contribution in [0.15, 0.2) is 41.9 Å². The molecule has 90 valence electrons. The summed E-state index contributed by atoms with van der Waals surface area (Å²) in [6, 6.07) is 9.78. The number of carbonyl (C=O) groups excluding carboxylic acids is 1. The Morgan fingerprint density at radius 1 is 1.28 bits per heavy atom. The lowest BCUT2D eigenvalue weighted by atomic mass is 10.1. The predicted molar refractivity (Wildman–Crippen MR) is 75.3 cm³/mol. The highest BCUT2D eigenvalue weighted by atomic mass is 32.1. The SMILES string of the molecule is Cc1cccc2[nH]cc(C(=O)Nc3cccs3)c12. The summed E-state index contributed by atoms with van der Waals surface area (Å²) in [6.45, 7) is 2.01. The van der Waals surface area contributed by atoms with E-state index in [9.17, 15) is 4.79 Å². The maximum Gasteiger partial charge on any atom is 0.258 e. The number of aromatic nitrogens is 1. The molecule has 0 saturated heterocycles. The van der Waals surface area contributed by atoms with Gasteiger partial charge in [-0.2, -0.15) is 0 Å². The quantitative estimate of drug-likeness (QED) is 0.720. The molecule has 0 saturated carbocycles. The topological polar surface area (TPSA) is 44.9 Å². The maximum atomic E-state index is 12.2. The lowest BCUT2D eigenvalue weighted by Gasteiger charge is -2.02. The molecule has 18 heavy (non-hydrogen) atoms. The van der Waals surface area contributed by atoms with Crippen molar-refractivity contribution in [2.75, 3.05) is 5.32 Å². The number of hydrogen-bond donors (Lipinski definition) is 2. The minimum absolute atomic E-state index is 0.0713. The van der Waals surface area contributed by atoms with Crippen LogP contribution in [-0.4, -0.2) is 10.9 Å². The van der Waals surface area contributed by atoms with Gasteiger partial charge < -0.3 is 10.3 Å². The van der Waals surface area contributed by atoms with Crippen LogP contribution in [0.1, 0.15) is 15.9 Å². The van der Waals surface area contributed by atoms with Crippen molar-refractivity contribution in [3.8, 4) is 0 Å². The highest BCUT2D eigenvalue weighted by Crippen LogP contribution is 2.24. The first-order valence-corrected chi connectivity index (χ1v) is 6.55. The number of hydrogen-bond acceptors (Lipinski definition) is 2. The fourth-order valence-corrected chi connectivity index (χ4v) is 2.69. The van der Waals surface area contributed by atoms with E-state index in [4.69, 9.17) is 0 Å². The molecule has 0 atom stereocenters. The Labute approximate surface area is 108 Å². The van der Waals surface area contributed by atoms with E-state index < -0.39 is 0 Å². The second-order valence-electron chi connectivity index (χ2n) is 4.13. The van der Waals surface area contributed by atoms with Gasteiger partial charge in [0.25, 0.3) is 5.91 Å². The molecule has 0 fully saturated rings. The molecule has 1 aromatic carbocycles. The van der Waals surface area contributed by atoms with E-state index in [1.54, 1.807) is 6.20 Å². The van der Waals surface area contributed by atoms with Crippen molar-refractivity contribution in [1.29, 1.82) is 0 Å². The van der Waals surface area contributed by atoms with Crippen LogP contribution in [0.4, 0.5) is 5.00 Å². The van der Waals surface area contributed by atoms with E-state index in [1.807, 2.05) is 42.6 Å². The Morgan fingerprint density at radius 2 is 2.17 bits per heavy atom. The van der Waals surface area contributed by atoms with E-state index in [2.05, 4.69) is 10.3 Å². The third kappa shape index (κ3) is 1.80. The van der Waals surface area contributed by atoms with E-state index in [0.29, 0.717) is 5.56 Å². The number of carbonyl (C=O) groups is 1. The predicted octanol–water partition coefficient (Wildman–Crippen LogP) is 3.79. The molecule has 3 nitrogen and oxygen atoms in total. The highest BCUT2D eigenvalue weighted by molar-refractivity contribution is 7.14. The van der Waals surface area contributed by atoms with Crippen LogP contribution in [0.3, 0.4) is 0 Å². The molecule has 0 spiro atoms.